The van der Waals surface area contributed by atoms with Crippen molar-refractivity contribution in [2.24, 2.45) is 0 Å². The number of hydrogen-bond acceptors (Lipinski definition) is 5. The third kappa shape index (κ3) is 3.25. The molecule has 6 nitrogen and oxygen atoms in total. The van der Waals surface area contributed by atoms with Crippen LogP contribution >= 0.6 is 0 Å². The fourth-order valence-corrected chi connectivity index (χ4v) is 1.61. The maximum atomic E-state index is 11.8. The van der Waals surface area contributed by atoms with Gasteiger partial charge < -0.3 is 19.2 Å². The van der Waals surface area contributed by atoms with Gasteiger partial charge in [-0.1, -0.05) is 0 Å². The molecule has 0 fully saturated rings. The van der Waals surface area contributed by atoms with Crippen molar-refractivity contribution < 1.29 is 18.7 Å². The van der Waals surface area contributed by atoms with E-state index in [1.54, 1.807) is 32.4 Å². The molecular formula is C13H14N2O4. The monoisotopic (exact) mass is 262 g/mol. The molecule has 0 radical (unpaired) electrons. The van der Waals surface area contributed by atoms with Crippen molar-refractivity contribution in [2.75, 3.05) is 19.5 Å². The summed E-state index contributed by atoms with van der Waals surface area (Å²) in [5, 5.41) is 2.75. The highest BCUT2D eigenvalue weighted by Crippen LogP contribution is 2.29. The summed E-state index contributed by atoms with van der Waals surface area (Å²) in [5.41, 5.74) is 1.21. The van der Waals surface area contributed by atoms with Crippen LogP contribution in [0.5, 0.6) is 11.5 Å². The van der Waals surface area contributed by atoms with Crippen molar-refractivity contribution in [1.82, 2.24) is 4.98 Å². The first-order valence-electron chi connectivity index (χ1n) is 5.62. The molecule has 2 aromatic rings. The minimum atomic E-state index is -0.180. The lowest BCUT2D eigenvalue weighted by atomic mass is 10.2. The molecule has 2 rings (SSSR count). The minimum Gasteiger partial charge on any atom is -0.493 e. The number of hydrogen-bond donors (Lipinski definition) is 1. The summed E-state index contributed by atoms with van der Waals surface area (Å²) in [6.07, 6.45) is 2.89. The number of methoxy groups -OCH3 is 2. The molecular weight excluding hydrogens is 248 g/mol. The number of anilines is 1. The van der Waals surface area contributed by atoms with E-state index in [9.17, 15) is 4.79 Å². The van der Waals surface area contributed by atoms with Crippen LogP contribution in [0.2, 0.25) is 0 Å². The molecule has 0 aliphatic rings. The average molecular weight is 262 g/mol. The van der Waals surface area contributed by atoms with E-state index in [1.165, 1.54) is 12.7 Å². The maximum absolute atomic E-state index is 11.8. The summed E-state index contributed by atoms with van der Waals surface area (Å²) < 4.78 is 15.1. The molecule has 1 aromatic carbocycles. The second-order valence-electron chi connectivity index (χ2n) is 3.77. The van der Waals surface area contributed by atoms with Gasteiger partial charge in [0.15, 0.2) is 17.9 Å². The van der Waals surface area contributed by atoms with Gasteiger partial charge in [0, 0.05) is 11.8 Å². The molecule has 1 N–H and O–H groups in total. The van der Waals surface area contributed by atoms with Gasteiger partial charge in [-0.3, -0.25) is 4.79 Å². The lowest BCUT2D eigenvalue weighted by Gasteiger charge is -2.10. The van der Waals surface area contributed by atoms with Crippen LogP contribution in [-0.4, -0.2) is 25.1 Å². The predicted octanol–water partition coefficient (Wildman–Crippen LogP) is 1.87. The standard InChI is InChI=1S/C13H14N2O4/c1-17-11-4-3-9(5-12(11)18-2)15-13(16)6-10-7-19-8-14-10/h3-5,7-8H,6H2,1-2H3,(H,15,16). The summed E-state index contributed by atoms with van der Waals surface area (Å²) in [6, 6.07) is 5.16. The number of carbonyl (C=O) groups is 1. The molecule has 0 unspecified atom stereocenters. The number of ether oxygens (including phenoxy) is 2. The fraction of sp³-hybridized carbons (Fsp3) is 0.231. The Balaban J connectivity index is 2.04. The van der Waals surface area contributed by atoms with Crippen LogP contribution in [0.4, 0.5) is 5.69 Å². The van der Waals surface area contributed by atoms with Crippen molar-refractivity contribution in [2.45, 2.75) is 6.42 Å². The molecule has 100 valence electrons. The Hall–Kier alpha value is -2.50. The van der Waals surface area contributed by atoms with Gasteiger partial charge in [0.2, 0.25) is 5.91 Å². The Kier molecular flexibility index (Phi) is 4.02. The molecule has 1 heterocycles. The molecule has 1 aromatic heterocycles. The van der Waals surface area contributed by atoms with E-state index >= 15 is 0 Å². The summed E-state index contributed by atoms with van der Waals surface area (Å²) in [7, 11) is 3.10. The van der Waals surface area contributed by atoms with Gasteiger partial charge in [-0.05, 0) is 12.1 Å². The molecule has 0 saturated carbocycles. The number of rotatable bonds is 5. The molecule has 0 aliphatic carbocycles. The topological polar surface area (TPSA) is 73.6 Å². The van der Waals surface area contributed by atoms with Crippen molar-refractivity contribution in [3.8, 4) is 11.5 Å². The second-order valence-corrected chi connectivity index (χ2v) is 3.77. The number of benzene rings is 1. The van der Waals surface area contributed by atoms with Crippen LogP contribution in [0.15, 0.2) is 35.3 Å². The molecule has 19 heavy (non-hydrogen) atoms. The Bertz CT molecular complexity index is 552. The molecule has 1 amide bonds. The second kappa shape index (κ2) is 5.90. The predicted molar refractivity (Wildman–Crippen MR) is 68.4 cm³/mol. The number of oxazole rings is 1. The summed E-state index contributed by atoms with van der Waals surface area (Å²) >= 11 is 0. The highest BCUT2D eigenvalue weighted by Gasteiger charge is 2.09. The Morgan fingerprint density at radius 2 is 2.11 bits per heavy atom. The minimum absolute atomic E-state index is 0.158. The molecule has 6 heteroatoms. The van der Waals surface area contributed by atoms with E-state index in [1.807, 2.05) is 0 Å². The average Bonchev–Trinajstić information content (AvgIpc) is 2.91. The van der Waals surface area contributed by atoms with Gasteiger partial charge in [0.05, 0.1) is 26.3 Å². The first-order chi connectivity index (χ1) is 9.22. The fourth-order valence-electron chi connectivity index (χ4n) is 1.61. The van der Waals surface area contributed by atoms with Gasteiger partial charge in [-0.25, -0.2) is 4.98 Å². The Morgan fingerprint density at radius 3 is 2.74 bits per heavy atom. The van der Waals surface area contributed by atoms with E-state index in [0.717, 1.165) is 0 Å². The number of carbonyl (C=O) groups excluding carboxylic acids is 1. The van der Waals surface area contributed by atoms with Crippen LogP contribution in [0.3, 0.4) is 0 Å². The van der Waals surface area contributed by atoms with Crippen LogP contribution in [0.25, 0.3) is 0 Å². The van der Waals surface area contributed by atoms with Crippen LogP contribution < -0.4 is 14.8 Å². The molecule has 0 spiro atoms. The van der Waals surface area contributed by atoms with E-state index < -0.39 is 0 Å². The van der Waals surface area contributed by atoms with E-state index in [4.69, 9.17) is 13.9 Å². The first kappa shape index (κ1) is 12.9. The molecule has 0 bridgehead atoms. The van der Waals surface area contributed by atoms with Crippen molar-refractivity contribution in [1.29, 1.82) is 0 Å². The third-order valence-electron chi connectivity index (χ3n) is 2.49. The van der Waals surface area contributed by atoms with Crippen molar-refractivity contribution in [3.63, 3.8) is 0 Å². The van der Waals surface area contributed by atoms with Gasteiger partial charge in [0.25, 0.3) is 0 Å². The largest absolute Gasteiger partial charge is 0.493 e. The zero-order valence-electron chi connectivity index (χ0n) is 10.7. The summed E-state index contributed by atoms with van der Waals surface area (Å²) in [6.45, 7) is 0. The molecule has 0 aliphatic heterocycles. The van der Waals surface area contributed by atoms with E-state index in [0.29, 0.717) is 22.9 Å². The van der Waals surface area contributed by atoms with Crippen LogP contribution in [0.1, 0.15) is 5.69 Å². The Labute approximate surface area is 110 Å². The molecule has 0 atom stereocenters. The van der Waals surface area contributed by atoms with E-state index in [-0.39, 0.29) is 12.3 Å². The highest BCUT2D eigenvalue weighted by atomic mass is 16.5. The zero-order valence-corrected chi connectivity index (χ0v) is 10.7. The number of aromatic nitrogens is 1. The van der Waals surface area contributed by atoms with Crippen molar-refractivity contribution >= 4 is 11.6 Å². The van der Waals surface area contributed by atoms with Crippen LogP contribution in [0, 0.1) is 0 Å². The van der Waals surface area contributed by atoms with Gasteiger partial charge in [-0.2, -0.15) is 0 Å². The Morgan fingerprint density at radius 1 is 1.32 bits per heavy atom. The SMILES string of the molecule is COc1ccc(NC(=O)Cc2cocn2)cc1OC. The van der Waals surface area contributed by atoms with Crippen LogP contribution in [-0.2, 0) is 11.2 Å². The lowest BCUT2D eigenvalue weighted by molar-refractivity contribution is -0.115. The van der Waals surface area contributed by atoms with E-state index in [2.05, 4.69) is 10.3 Å². The first-order valence-corrected chi connectivity index (χ1v) is 5.62. The number of nitrogens with zero attached hydrogens (tertiary/aromatic N) is 1. The zero-order chi connectivity index (χ0) is 13.7. The smallest absolute Gasteiger partial charge is 0.230 e. The van der Waals surface area contributed by atoms with Gasteiger partial charge in [-0.15, -0.1) is 0 Å². The lowest BCUT2D eigenvalue weighted by Crippen LogP contribution is -2.14. The van der Waals surface area contributed by atoms with Gasteiger partial charge >= 0.3 is 0 Å². The van der Waals surface area contributed by atoms with Crippen molar-refractivity contribution in [3.05, 3.63) is 36.5 Å². The normalized spacial score (nSPS) is 10.0. The number of nitrogens with one attached hydrogen (secondary N) is 1. The third-order valence-corrected chi connectivity index (χ3v) is 2.49. The highest BCUT2D eigenvalue weighted by molar-refractivity contribution is 5.92. The van der Waals surface area contributed by atoms with Gasteiger partial charge in [0.1, 0.15) is 6.26 Å². The maximum Gasteiger partial charge on any atom is 0.230 e. The number of amides is 1. The summed E-state index contributed by atoms with van der Waals surface area (Å²) in [5.74, 6) is 0.986. The summed E-state index contributed by atoms with van der Waals surface area (Å²) in [4.78, 5) is 15.7. The quantitative estimate of drug-likeness (QED) is 0.890. The molecule has 0 saturated heterocycles.